The highest BCUT2D eigenvalue weighted by Crippen LogP contribution is 2.29. The van der Waals surface area contributed by atoms with E-state index in [0.717, 1.165) is 12.1 Å². The number of benzene rings is 2. The summed E-state index contributed by atoms with van der Waals surface area (Å²) in [6.45, 7) is 1.89. The molecule has 0 bridgehead atoms. The number of hydrogen-bond acceptors (Lipinski definition) is 2. The van der Waals surface area contributed by atoms with E-state index in [1.54, 1.807) is 0 Å². The Hall–Kier alpha value is -3.10. The third kappa shape index (κ3) is 7.38. The molecule has 0 aromatic heterocycles. The normalized spacial score (nSPS) is 12.2. The van der Waals surface area contributed by atoms with Crippen molar-refractivity contribution in [3.05, 3.63) is 71.0 Å². The van der Waals surface area contributed by atoms with Crippen LogP contribution in [-0.2, 0) is 24.1 Å². The van der Waals surface area contributed by atoms with Crippen molar-refractivity contribution < 1.29 is 27.2 Å². The molecule has 2 aromatic rings. The highest BCUT2D eigenvalue weighted by Gasteiger charge is 2.30. The van der Waals surface area contributed by atoms with Crippen molar-refractivity contribution in [1.82, 2.24) is 16.0 Å². The lowest BCUT2D eigenvalue weighted by atomic mass is 10.1. The number of carbonyl (C=O) groups excluding carboxylic acids is 2. The number of alkyl halides is 3. The molecular formula is C21H23F4N3O2. The van der Waals surface area contributed by atoms with Crippen LogP contribution in [0.15, 0.2) is 48.5 Å². The summed E-state index contributed by atoms with van der Waals surface area (Å²) >= 11 is 0. The molecule has 0 aliphatic carbocycles. The van der Waals surface area contributed by atoms with Gasteiger partial charge in [0, 0.05) is 13.1 Å². The summed E-state index contributed by atoms with van der Waals surface area (Å²) in [5, 5.41) is 7.70. The Morgan fingerprint density at radius 3 is 2.27 bits per heavy atom. The Morgan fingerprint density at radius 1 is 0.967 bits per heavy atom. The molecule has 3 N–H and O–H groups in total. The highest BCUT2D eigenvalue weighted by atomic mass is 19.4. The number of rotatable bonds is 8. The molecule has 0 spiro atoms. The average Bonchev–Trinajstić information content (AvgIpc) is 2.71. The molecule has 3 amide bonds. The van der Waals surface area contributed by atoms with Crippen molar-refractivity contribution >= 4 is 11.9 Å². The van der Waals surface area contributed by atoms with Crippen LogP contribution >= 0.6 is 0 Å². The smallest absolute Gasteiger partial charge is 0.350 e. The number of halogens is 4. The van der Waals surface area contributed by atoms with E-state index in [4.69, 9.17) is 0 Å². The summed E-state index contributed by atoms with van der Waals surface area (Å²) in [7, 11) is 0. The zero-order valence-electron chi connectivity index (χ0n) is 16.4. The number of urea groups is 1. The van der Waals surface area contributed by atoms with Gasteiger partial charge in [-0.1, -0.05) is 37.6 Å². The van der Waals surface area contributed by atoms with Gasteiger partial charge in [-0.3, -0.25) is 4.79 Å². The summed E-state index contributed by atoms with van der Waals surface area (Å²) in [5.74, 6) is -0.880. The molecule has 0 aliphatic rings. The van der Waals surface area contributed by atoms with Crippen molar-refractivity contribution in [2.75, 3.05) is 0 Å². The van der Waals surface area contributed by atoms with Crippen LogP contribution < -0.4 is 16.0 Å². The van der Waals surface area contributed by atoms with Crippen molar-refractivity contribution in [3.8, 4) is 0 Å². The van der Waals surface area contributed by atoms with Gasteiger partial charge < -0.3 is 16.0 Å². The standard InChI is InChI=1S/C21H23F4N3O2/c1-2-4-18(28-20(30)27-12-14-7-9-17(22)10-8-14)19(29)26-13-15-5-3-6-16(11-15)21(23,24)25/h3,5-11,18H,2,4,12-13H2,1H3,(H,26,29)(H2,27,28,30)/t18-/m0/s1. The molecule has 2 rings (SSSR count). The number of carbonyl (C=O) groups is 2. The average molecular weight is 425 g/mol. The van der Waals surface area contributed by atoms with Gasteiger partial charge in [0.25, 0.3) is 0 Å². The Morgan fingerprint density at radius 2 is 1.63 bits per heavy atom. The molecule has 0 aliphatic heterocycles. The molecule has 30 heavy (non-hydrogen) atoms. The van der Waals surface area contributed by atoms with E-state index in [0.29, 0.717) is 24.0 Å². The van der Waals surface area contributed by atoms with Crippen molar-refractivity contribution in [3.63, 3.8) is 0 Å². The molecule has 2 aromatic carbocycles. The van der Waals surface area contributed by atoms with Crippen LogP contribution in [0.1, 0.15) is 36.5 Å². The fraction of sp³-hybridized carbons (Fsp3) is 0.333. The molecule has 5 nitrogen and oxygen atoms in total. The third-order valence-electron chi connectivity index (χ3n) is 4.29. The van der Waals surface area contributed by atoms with Crippen molar-refractivity contribution in [2.45, 2.75) is 45.1 Å². The van der Waals surface area contributed by atoms with Gasteiger partial charge in [-0.2, -0.15) is 13.2 Å². The maximum atomic E-state index is 12.9. The van der Waals surface area contributed by atoms with E-state index in [9.17, 15) is 27.2 Å². The van der Waals surface area contributed by atoms with E-state index >= 15 is 0 Å². The van der Waals surface area contributed by atoms with Crippen LogP contribution in [0.4, 0.5) is 22.4 Å². The third-order valence-corrected chi connectivity index (χ3v) is 4.29. The second kappa shape index (κ2) is 10.6. The molecule has 0 radical (unpaired) electrons. The number of hydrogen-bond donors (Lipinski definition) is 3. The van der Waals surface area contributed by atoms with Gasteiger partial charge >= 0.3 is 12.2 Å². The summed E-state index contributed by atoms with van der Waals surface area (Å²) in [6.07, 6.45) is -3.49. The molecule has 0 fully saturated rings. The minimum Gasteiger partial charge on any atom is -0.350 e. The number of nitrogens with one attached hydrogen (secondary N) is 3. The SMILES string of the molecule is CCC[C@H](NC(=O)NCc1ccc(F)cc1)C(=O)NCc1cccc(C(F)(F)F)c1. The van der Waals surface area contributed by atoms with Crippen LogP contribution in [0.2, 0.25) is 0 Å². The van der Waals surface area contributed by atoms with Crippen molar-refractivity contribution in [1.29, 1.82) is 0 Å². The molecule has 0 unspecified atom stereocenters. The maximum absolute atomic E-state index is 12.9. The first-order valence-electron chi connectivity index (χ1n) is 9.41. The maximum Gasteiger partial charge on any atom is 0.416 e. The second-order valence-corrected chi connectivity index (χ2v) is 6.71. The monoisotopic (exact) mass is 425 g/mol. The lowest BCUT2D eigenvalue weighted by molar-refractivity contribution is -0.137. The quantitative estimate of drug-likeness (QED) is 0.557. The summed E-state index contributed by atoms with van der Waals surface area (Å²) in [4.78, 5) is 24.5. The van der Waals surface area contributed by atoms with Crippen LogP contribution in [0.3, 0.4) is 0 Å². The van der Waals surface area contributed by atoms with Gasteiger partial charge in [0.15, 0.2) is 0 Å². The van der Waals surface area contributed by atoms with Crippen LogP contribution in [0, 0.1) is 5.82 Å². The molecule has 9 heteroatoms. The molecule has 1 atom stereocenters. The topological polar surface area (TPSA) is 70.2 Å². The zero-order chi connectivity index (χ0) is 22.1. The van der Waals surface area contributed by atoms with Crippen molar-refractivity contribution in [2.24, 2.45) is 0 Å². The van der Waals surface area contributed by atoms with Gasteiger partial charge in [0.05, 0.1) is 5.56 Å². The van der Waals surface area contributed by atoms with E-state index in [1.165, 1.54) is 36.4 Å². The van der Waals surface area contributed by atoms with Gasteiger partial charge in [0.1, 0.15) is 11.9 Å². The second-order valence-electron chi connectivity index (χ2n) is 6.71. The molecular weight excluding hydrogens is 402 g/mol. The van der Waals surface area contributed by atoms with Gasteiger partial charge in [-0.15, -0.1) is 0 Å². The van der Waals surface area contributed by atoms with Crippen LogP contribution in [-0.4, -0.2) is 18.0 Å². The van der Waals surface area contributed by atoms with Crippen LogP contribution in [0.25, 0.3) is 0 Å². The molecule has 0 heterocycles. The summed E-state index contributed by atoms with van der Waals surface area (Å²) in [6, 6.07) is 8.87. The van der Waals surface area contributed by atoms with Gasteiger partial charge in [0.2, 0.25) is 5.91 Å². The lowest BCUT2D eigenvalue weighted by Gasteiger charge is -2.18. The Balaban J connectivity index is 1.89. The Kier molecular flexibility index (Phi) is 8.20. The first-order valence-corrected chi connectivity index (χ1v) is 9.41. The van der Waals surface area contributed by atoms with Gasteiger partial charge in [-0.05, 0) is 41.8 Å². The van der Waals surface area contributed by atoms with E-state index in [2.05, 4.69) is 16.0 Å². The predicted molar refractivity (Wildman–Crippen MR) is 104 cm³/mol. The van der Waals surface area contributed by atoms with Crippen LogP contribution in [0.5, 0.6) is 0 Å². The zero-order valence-corrected chi connectivity index (χ0v) is 16.4. The molecule has 0 saturated heterocycles. The molecule has 162 valence electrons. The lowest BCUT2D eigenvalue weighted by Crippen LogP contribution is -2.49. The summed E-state index contributed by atoms with van der Waals surface area (Å²) < 4.78 is 51.3. The van der Waals surface area contributed by atoms with E-state index in [-0.39, 0.29) is 18.9 Å². The highest BCUT2D eigenvalue weighted by molar-refractivity contribution is 5.86. The fourth-order valence-corrected chi connectivity index (χ4v) is 2.72. The largest absolute Gasteiger partial charge is 0.416 e. The van der Waals surface area contributed by atoms with E-state index in [1.807, 2.05) is 6.92 Å². The Bertz CT molecular complexity index is 854. The van der Waals surface area contributed by atoms with Gasteiger partial charge in [-0.25, -0.2) is 9.18 Å². The Labute approximate surface area is 171 Å². The summed E-state index contributed by atoms with van der Waals surface area (Å²) in [5.41, 5.74) is 0.194. The first-order chi connectivity index (χ1) is 14.2. The minimum absolute atomic E-state index is 0.0954. The molecule has 0 saturated carbocycles. The fourth-order valence-electron chi connectivity index (χ4n) is 2.72. The first kappa shape index (κ1) is 23.2. The number of amides is 3. The van der Waals surface area contributed by atoms with E-state index < -0.39 is 29.7 Å². The predicted octanol–water partition coefficient (Wildman–Crippen LogP) is 4.13. The minimum atomic E-state index is -4.46.